The summed E-state index contributed by atoms with van der Waals surface area (Å²) in [4.78, 5) is 22.0. The molecule has 1 heterocycles. The van der Waals surface area contributed by atoms with Gasteiger partial charge in [0.15, 0.2) is 0 Å². The molecular weight excluding hydrogens is 314 g/mol. The summed E-state index contributed by atoms with van der Waals surface area (Å²) in [5.74, 6) is -2.18. The van der Waals surface area contributed by atoms with Crippen LogP contribution in [-0.4, -0.2) is 34.3 Å². The molecule has 0 aliphatic rings. The number of aliphatic carboxylic acids is 2. The van der Waals surface area contributed by atoms with Crippen LogP contribution in [0.5, 0.6) is 5.75 Å². The van der Waals surface area contributed by atoms with Crippen molar-refractivity contribution in [3.05, 3.63) is 42.5 Å². The van der Waals surface area contributed by atoms with Crippen molar-refractivity contribution in [2.75, 3.05) is 0 Å². The van der Waals surface area contributed by atoms with Gasteiger partial charge in [-0.15, -0.1) is 0 Å². The summed E-state index contributed by atoms with van der Waals surface area (Å²) in [6.45, 7) is 0. The Kier molecular flexibility index (Phi) is 4.09. The average molecular weight is 329 g/mol. The lowest BCUT2D eigenvalue weighted by molar-refractivity contribution is -0.143. The Hall–Kier alpha value is -3.06. The molecule has 7 nitrogen and oxygen atoms in total. The number of carboxylic acid groups (broad SMARTS) is 2. The van der Waals surface area contributed by atoms with Crippen LogP contribution in [0.15, 0.2) is 46.9 Å². The highest BCUT2D eigenvalue weighted by atomic mass is 16.5. The van der Waals surface area contributed by atoms with Gasteiger partial charge in [0.2, 0.25) is 0 Å². The van der Waals surface area contributed by atoms with Crippen LogP contribution >= 0.6 is 0 Å². The normalized spacial score (nSPS) is 13.7. The van der Waals surface area contributed by atoms with E-state index < -0.39 is 30.5 Å². The van der Waals surface area contributed by atoms with E-state index in [2.05, 4.69) is 0 Å². The highest BCUT2D eigenvalue weighted by Gasteiger charge is 2.28. The fraction of sp³-hybridized carbons (Fsp3) is 0.176. The first-order valence-electron chi connectivity index (χ1n) is 7.24. The Balaban J connectivity index is 1.96. The highest BCUT2D eigenvalue weighted by molar-refractivity contribution is 6.05. The molecule has 7 heteroatoms. The van der Waals surface area contributed by atoms with E-state index in [1.54, 1.807) is 18.2 Å². The van der Waals surface area contributed by atoms with Gasteiger partial charge < -0.3 is 25.1 Å². The molecule has 3 rings (SSSR count). The molecule has 2 aromatic carbocycles. The lowest BCUT2D eigenvalue weighted by atomic mass is 10.1. The molecule has 0 amide bonds. The first-order chi connectivity index (χ1) is 11.5. The summed E-state index contributed by atoms with van der Waals surface area (Å²) in [5.41, 5.74) is 6.90. The van der Waals surface area contributed by atoms with Crippen LogP contribution in [0.2, 0.25) is 0 Å². The second-order valence-electron chi connectivity index (χ2n) is 5.37. The number of ether oxygens (including phenoxy) is 1. The van der Waals surface area contributed by atoms with Gasteiger partial charge in [-0.25, -0.2) is 0 Å². The van der Waals surface area contributed by atoms with Gasteiger partial charge in [0.1, 0.15) is 29.1 Å². The number of hydrogen-bond acceptors (Lipinski definition) is 5. The van der Waals surface area contributed by atoms with Crippen molar-refractivity contribution in [3.8, 4) is 5.75 Å². The Morgan fingerprint density at radius 3 is 2.50 bits per heavy atom. The zero-order chi connectivity index (χ0) is 17.3. The standard InChI is InChI=1S/C17H15NO6/c18-16(17(21)22)14(8-15(19)20)23-9-5-6-13-11(7-9)10-3-1-2-4-12(10)24-13/h1-7,14,16H,8,18H2,(H,19,20)(H,21,22). The third kappa shape index (κ3) is 3.02. The maximum atomic E-state index is 11.0. The Morgan fingerprint density at radius 1 is 1.08 bits per heavy atom. The Bertz CT molecular complexity index is 916. The molecule has 4 N–H and O–H groups in total. The predicted octanol–water partition coefficient (Wildman–Crippen LogP) is 2.22. The smallest absolute Gasteiger partial charge is 0.324 e. The number of fused-ring (bicyclic) bond motifs is 3. The van der Waals surface area contributed by atoms with Crippen molar-refractivity contribution in [2.24, 2.45) is 5.73 Å². The van der Waals surface area contributed by atoms with E-state index >= 15 is 0 Å². The van der Waals surface area contributed by atoms with Crippen LogP contribution in [0.3, 0.4) is 0 Å². The summed E-state index contributed by atoms with van der Waals surface area (Å²) in [7, 11) is 0. The maximum absolute atomic E-state index is 11.0. The molecule has 2 unspecified atom stereocenters. The number of carbonyl (C=O) groups is 2. The van der Waals surface area contributed by atoms with Crippen molar-refractivity contribution in [3.63, 3.8) is 0 Å². The topological polar surface area (TPSA) is 123 Å². The van der Waals surface area contributed by atoms with Crippen molar-refractivity contribution in [2.45, 2.75) is 18.6 Å². The SMILES string of the molecule is NC(C(=O)O)C(CC(=O)O)Oc1ccc2oc3ccccc3c2c1. The second kappa shape index (κ2) is 6.21. The summed E-state index contributed by atoms with van der Waals surface area (Å²) < 4.78 is 11.2. The van der Waals surface area contributed by atoms with Gasteiger partial charge >= 0.3 is 11.9 Å². The molecular formula is C17H15NO6. The number of carboxylic acids is 2. The number of hydrogen-bond donors (Lipinski definition) is 3. The third-order valence-electron chi connectivity index (χ3n) is 3.70. The van der Waals surface area contributed by atoms with Crippen molar-refractivity contribution in [1.29, 1.82) is 0 Å². The fourth-order valence-corrected chi connectivity index (χ4v) is 2.53. The van der Waals surface area contributed by atoms with E-state index in [4.69, 9.17) is 25.1 Å². The third-order valence-corrected chi connectivity index (χ3v) is 3.70. The zero-order valence-corrected chi connectivity index (χ0v) is 12.5. The van der Waals surface area contributed by atoms with E-state index in [1.807, 2.05) is 24.3 Å². The minimum absolute atomic E-state index is 0.331. The molecule has 1 aromatic heterocycles. The fourth-order valence-electron chi connectivity index (χ4n) is 2.53. The number of furan rings is 1. The van der Waals surface area contributed by atoms with Crippen molar-refractivity contribution < 1.29 is 29.0 Å². The number of rotatable bonds is 6. The summed E-state index contributed by atoms with van der Waals surface area (Å²) in [6.07, 6.45) is -1.70. The number of para-hydroxylation sites is 1. The first kappa shape index (κ1) is 15.8. The average Bonchev–Trinajstić information content (AvgIpc) is 2.91. The molecule has 0 saturated heterocycles. The van der Waals surface area contributed by atoms with Crippen LogP contribution in [0.1, 0.15) is 6.42 Å². The number of benzene rings is 2. The van der Waals surface area contributed by atoms with Gasteiger partial charge in [-0.1, -0.05) is 18.2 Å². The molecule has 0 radical (unpaired) electrons. The zero-order valence-electron chi connectivity index (χ0n) is 12.5. The van der Waals surface area contributed by atoms with E-state index in [1.165, 1.54) is 0 Å². The Labute approximate surface area is 136 Å². The van der Waals surface area contributed by atoms with Crippen LogP contribution in [0, 0.1) is 0 Å². The monoisotopic (exact) mass is 329 g/mol. The predicted molar refractivity (Wildman–Crippen MR) is 86.0 cm³/mol. The van der Waals surface area contributed by atoms with Crippen LogP contribution in [-0.2, 0) is 9.59 Å². The largest absolute Gasteiger partial charge is 0.488 e. The van der Waals surface area contributed by atoms with Crippen molar-refractivity contribution in [1.82, 2.24) is 0 Å². The molecule has 0 aliphatic carbocycles. The highest BCUT2D eigenvalue weighted by Crippen LogP contribution is 2.31. The summed E-state index contributed by atoms with van der Waals surface area (Å²) >= 11 is 0. The van der Waals surface area contributed by atoms with Gasteiger partial charge in [0.05, 0.1) is 6.42 Å². The van der Waals surface area contributed by atoms with E-state index in [0.717, 1.165) is 10.8 Å². The molecule has 24 heavy (non-hydrogen) atoms. The van der Waals surface area contributed by atoms with Gasteiger partial charge in [-0.05, 0) is 24.3 Å². The summed E-state index contributed by atoms with van der Waals surface area (Å²) in [5, 5.41) is 19.6. The van der Waals surface area contributed by atoms with Gasteiger partial charge in [-0.3, -0.25) is 9.59 Å². The molecule has 2 atom stereocenters. The van der Waals surface area contributed by atoms with Gasteiger partial charge in [0.25, 0.3) is 0 Å². The van der Waals surface area contributed by atoms with E-state index in [0.29, 0.717) is 16.9 Å². The molecule has 0 bridgehead atoms. The molecule has 0 fully saturated rings. The van der Waals surface area contributed by atoms with Crippen LogP contribution in [0.25, 0.3) is 21.9 Å². The second-order valence-corrected chi connectivity index (χ2v) is 5.37. The molecule has 0 spiro atoms. The van der Waals surface area contributed by atoms with Crippen LogP contribution < -0.4 is 10.5 Å². The summed E-state index contributed by atoms with van der Waals surface area (Å²) in [6, 6.07) is 11.0. The Morgan fingerprint density at radius 2 is 1.79 bits per heavy atom. The quantitative estimate of drug-likeness (QED) is 0.633. The van der Waals surface area contributed by atoms with Gasteiger partial charge in [0, 0.05) is 10.8 Å². The van der Waals surface area contributed by atoms with E-state index in [9.17, 15) is 9.59 Å². The van der Waals surface area contributed by atoms with Gasteiger partial charge in [-0.2, -0.15) is 0 Å². The van der Waals surface area contributed by atoms with Crippen LogP contribution in [0.4, 0.5) is 0 Å². The number of nitrogens with two attached hydrogens (primary N) is 1. The van der Waals surface area contributed by atoms with E-state index in [-0.39, 0.29) is 0 Å². The molecule has 0 saturated carbocycles. The minimum atomic E-state index is -1.45. The first-order valence-corrected chi connectivity index (χ1v) is 7.24. The lowest BCUT2D eigenvalue weighted by Crippen LogP contribution is -2.46. The lowest BCUT2D eigenvalue weighted by Gasteiger charge is -2.20. The molecule has 124 valence electrons. The van der Waals surface area contributed by atoms with Crippen molar-refractivity contribution >= 4 is 33.9 Å². The minimum Gasteiger partial charge on any atom is -0.488 e. The maximum Gasteiger partial charge on any atom is 0.324 e. The molecule has 0 aliphatic heterocycles. The molecule has 3 aromatic rings.